The lowest BCUT2D eigenvalue weighted by Crippen LogP contribution is -2.21. The van der Waals surface area contributed by atoms with Gasteiger partial charge in [0.1, 0.15) is 5.82 Å². The monoisotopic (exact) mass is 242 g/mol. The smallest absolute Gasteiger partial charge is 0.128 e. The van der Waals surface area contributed by atoms with Gasteiger partial charge < -0.3 is 10.0 Å². The number of anilines is 1. The summed E-state index contributed by atoms with van der Waals surface area (Å²) in [4.78, 5) is 6.36. The first kappa shape index (κ1) is 8.97. The van der Waals surface area contributed by atoms with Crippen molar-refractivity contribution in [1.29, 1.82) is 0 Å². The summed E-state index contributed by atoms with van der Waals surface area (Å²) in [5.74, 6) is 0.944. The van der Waals surface area contributed by atoms with Crippen molar-refractivity contribution in [3.8, 4) is 0 Å². The fraction of sp³-hybridized carbons (Fsp3) is 0.444. The first-order chi connectivity index (χ1) is 6.25. The number of halogens is 1. The van der Waals surface area contributed by atoms with Crippen molar-refractivity contribution in [3.63, 3.8) is 0 Å². The third-order valence-electron chi connectivity index (χ3n) is 2.20. The van der Waals surface area contributed by atoms with Crippen molar-refractivity contribution >= 4 is 21.7 Å². The molecule has 0 bridgehead atoms. The van der Waals surface area contributed by atoms with E-state index in [0.717, 1.165) is 23.3 Å². The van der Waals surface area contributed by atoms with Crippen LogP contribution in [0.25, 0.3) is 0 Å². The van der Waals surface area contributed by atoms with E-state index in [0.29, 0.717) is 6.54 Å². The number of hydrogen-bond donors (Lipinski definition) is 1. The van der Waals surface area contributed by atoms with Crippen molar-refractivity contribution in [2.45, 2.75) is 12.5 Å². The molecule has 0 aromatic carbocycles. The van der Waals surface area contributed by atoms with Crippen molar-refractivity contribution < 1.29 is 5.11 Å². The normalized spacial score (nSPS) is 22.3. The van der Waals surface area contributed by atoms with Gasteiger partial charge in [-0.25, -0.2) is 4.98 Å². The summed E-state index contributed by atoms with van der Waals surface area (Å²) in [6.07, 6.45) is 2.43. The number of β-amino-alcohol motifs (C(OH)–C–C–N with tert-alkyl or cyclic N) is 1. The summed E-state index contributed by atoms with van der Waals surface area (Å²) in [6.45, 7) is 1.60. The summed E-state index contributed by atoms with van der Waals surface area (Å²) < 4.78 is 0.982. The highest BCUT2D eigenvalue weighted by molar-refractivity contribution is 9.10. The molecule has 1 atom stereocenters. The second kappa shape index (κ2) is 3.64. The van der Waals surface area contributed by atoms with Gasteiger partial charge >= 0.3 is 0 Å². The zero-order valence-electron chi connectivity index (χ0n) is 7.15. The maximum absolute atomic E-state index is 9.34. The number of aliphatic hydroxyl groups excluding tert-OH is 1. The van der Waals surface area contributed by atoms with Gasteiger partial charge in [-0.2, -0.15) is 0 Å². The molecule has 0 unspecified atom stereocenters. The molecular formula is C9H11BrN2O. The molecule has 3 nitrogen and oxygen atoms in total. The SMILES string of the molecule is O[C@@H]1CCN(c2ccc(Br)cn2)C1. The molecule has 1 aromatic rings. The predicted octanol–water partition coefficient (Wildman–Crippen LogP) is 1.42. The van der Waals surface area contributed by atoms with Crippen LogP contribution in [0.5, 0.6) is 0 Å². The van der Waals surface area contributed by atoms with Gasteiger partial charge in [-0.05, 0) is 34.5 Å². The molecule has 4 heteroatoms. The summed E-state index contributed by atoms with van der Waals surface area (Å²) in [7, 11) is 0. The molecule has 1 aliphatic heterocycles. The quantitative estimate of drug-likeness (QED) is 0.810. The lowest BCUT2D eigenvalue weighted by Gasteiger charge is -2.15. The molecule has 0 aliphatic carbocycles. The molecule has 0 amide bonds. The van der Waals surface area contributed by atoms with Gasteiger partial charge in [0.25, 0.3) is 0 Å². The predicted molar refractivity (Wildman–Crippen MR) is 54.8 cm³/mol. The first-order valence-electron chi connectivity index (χ1n) is 4.30. The molecule has 2 heterocycles. The Kier molecular flexibility index (Phi) is 2.51. The minimum Gasteiger partial charge on any atom is -0.391 e. The fourth-order valence-corrected chi connectivity index (χ4v) is 1.74. The number of aliphatic hydroxyl groups is 1. The van der Waals surface area contributed by atoms with Crippen LogP contribution in [0.2, 0.25) is 0 Å². The first-order valence-corrected chi connectivity index (χ1v) is 5.09. The molecule has 70 valence electrons. The third kappa shape index (κ3) is 2.00. The molecule has 1 aliphatic rings. The second-order valence-electron chi connectivity index (χ2n) is 3.22. The van der Waals surface area contributed by atoms with E-state index in [1.54, 1.807) is 6.20 Å². The maximum atomic E-state index is 9.34. The minimum absolute atomic E-state index is 0.189. The third-order valence-corrected chi connectivity index (χ3v) is 2.67. The van der Waals surface area contributed by atoms with E-state index in [1.807, 2.05) is 12.1 Å². The topological polar surface area (TPSA) is 36.4 Å². The van der Waals surface area contributed by atoms with Crippen LogP contribution in [0, 0.1) is 0 Å². The van der Waals surface area contributed by atoms with E-state index in [9.17, 15) is 5.11 Å². The molecule has 1 saturated heterocycles. The highest BCUT2D eigenvalue weighted by Gasteiger charge is 2.20. The van der Waals surface area contributed by atoms with Crippen LogP contribution in [-0.2, 0) is 0 Å². The molecule has 2 rings (SSSR count). The van der Waals surface area contributed by atoms with E-state index < -0.39 is 0 Å². The standard InChI is InChI=1S/C9H11BrN2O/c10-7-1-2-9(11-5-7)12-4-3-8(13)6-12/h1-2,5,8,13H,3-4,6H2/t8-/m1/s1. The van der Waals surface area contributed by atoms with Gasteiger partial charge in [0, 0.05) is 23.8 Å². The Hall–Kier alpha value is -0.610. The van der Waals surface area contributed by atoms with E-state index in [1.165, 1.54) is 0 Å². The summed E-state index contributed by atoms with van der Waals surface area (Å²) >= 11 is 3.34. The van der Waals surface area contributed by atoms with Crippen molar-refractivity contribution in [3.05, 3.63) is 22.8 Å². The second-order valence-corrected chi connectivity index (χ2v) is 4.14. The zero-order valence-corrected chi connectivity index (χ0v) is 8.74. The van der Waals surface area contributed by atoms with Crippen molar-refractivity contribution in [1.82, 2.24) is 4.98 Å². The van der Waals surface area contributed by atoms with E-state index in [4.69, 9.17) is 0 Å². The molecule has 1 fully saturated rings. The zero-order chi connectivity index (χ0) is 9.26. The van der Waals surface area contributed by atoms with Gasteiger partial charge in [-0.3, -0.25) is 0 Å². The van der Waals surface area contributed by atoms with Gasteiger partial charge in [-0.1, -0.05) is 0 Å². The Bertz CT molecular complexity index is 288. The lowest BCUT2D eigenvalue weighted by atomic mass is 10.3. The number of nitrogens with zero attached hydrogens (tertiary/aromatic N) is 2. The molecular weight excluding hydrogens is 232 g/mol. The Morgan fingerprint density at radius 2 is 2.38 bits per heavy atom. The molecule has 1 N–H and O–H groups in total. The fourth-order valence-electron chi connectivity index (χ4n) is 1.50. The molecule has 1 aromatic heterocycles. The molecule has 0 radical (unpaired) electrons. The van der Waals surface area contributed by atoms with Crippen LogP contribution in [0.3, 0.4) is 0 Å². The summed E-state index contributed by atoms with van der Waals surface area (Å²) in [6, 6.07) is 3.93. The Morgan fingerprint density at radius 1 is 1.54 bits per heavy atom. The van der Waals surface area contributed by atoms with Gasteiger partial charge in [0.05, 0.1) is 6.10 Å². The van der Waals surface area contributed by atoms with Crippen LogP contribution < -0.4 is 4.90 Å². The van der Waals surface area contributed by atoms with Gasteiger partial charge in [0.2, 0.25) is 0 Å². The number of hydrogen-bond acceptors (Lipinski definition) is 3. The number of aromatic nitrogens is 1. The van der Waals surface area contributed by atoms with Crippen molar-refractivity contribution in [2.24, 2.45) is 0 Å². The molecule has 0 saturated carbocycles. The van der Waals surface area contributed by atoms with Gasteiger partial charge in [0.15, 0.2) is 0 Å². The van der Waals surface area contributed by atoms with Crippen LogP contribution in [0.4, 0.5) is 5.82 Å². The number of rotatable bonds is 1. The highest BCUT2D eigenvalue weighted by Crippen LogP contribution is 2.19. The maximum Gasteiger partial charge on any atom is 0.128 e. The number of pyridine rings is 1. The van der Waals surface area contributed by atoms with E-state index in [2.05, 4.69) is 25.8 Å². The van der Waals surface area contributed by atoms with Crippen LogP contribution >= 0.6 is 15.9 Å². The summed E-state index contributed by atoms with van der Waals surface area (Å²) in [5, 5.41) is 9.34. The average molecular weight is 243 g/mol. The molecule has 13 heavy (non-hydrogen) atoms. The highest BCUT2D eigenvalue weighted by atomic mass is 79.9. The minimum atomic E-state index is -0.189. The van der Waals surface area contributed by atoms with E-state index in [-0.39, 0.29) is 6.10 Å². The summed E-state index contributed by atoms with van der Waals surface area (Å²) in [5.41, 5.74) is 0. The largest absolute Gasteiger partial charge is 0.391 e. The average Bonchev–Trinajstić information content (AvgIpc) is 2.53. The Labute approximate surface area is 85.5 Å². The molecule has 0 spiro atoms. The van der Waals surface area contributed by atoms with Crippen molar-refractivity contribution in [2.75, 3.05) is 18.0 Å². The van der Waals surface area contributed by atoms with Crippen LogP contribution in [0.1, 0.15) is 6.42 Å². The van der Waals surface area contributed by atoms with Crippen LogP contribution in [-0.4, -0.2) is 29.3 Å². The van der Waals surface area contributed by atoms with Gasteiger partial charge in [-0.15, -0.1) is 0 Å². The lowest BCUT2D eigenvalue weighted by molar-refractivity contribution is 0.198. The Balaban J connectivity index is 2.13. The Morgan fingerprint density at radius 3 is 2.92 bits per heavy atom. The van der Waals surface area contributed by atoms with E-state index >= 15 is 0 Å². The van der Waals surface area contributed by atoms with Crippen LogP contribution in [0.15, 0.2) is 22.8 Å².